The van der Waals surface area contributed by atoms with E-state index in [1.807, 2.05) is 36.4 Å². The number of anilines is 1. The maximum Gasteiger partial charge on any atom is 0.121 e. The summed E-state index contributed by atoms with van der Waals surface area (Å²) in [4.78, 5) is 0. The molecule has 3 nitrogen and oxygen atoms in total. The summed E-state index contributed by atoms with van der Waals surface area (Å²) in [7, 11) is 0. The Morgan fingerprint density at radius 2 is 1.84 bits per heavy atom. The number of unbranched alkanes of at least 4 members (excludes halogenated alkanes) is 3. The normalized spacial score (nSPS) is 10.6. The van der Waals surface area contributed by atoms with Crippen LogP contribution in [0.2, 0.25) is 5.02 Å². The van der Waals surface area contributed by atoms with Crippen molar-refractivity contribution in [2.75, 3.05) is 25.0 Å². The molecule has 0 radical (unpaired) electrons. The molecule has 136 valence electrons. The molecule has 0 fully saturated rings. The zero-order valence-electron chi connectivity index (χ0n) is 15.1. The predicted octanol–water partition coefficient (Wildman–Crippen LogP) is 5.50. The number of hydrogen-bond donors (Lipinski definition) is 2. The molecule has 0 saturated carbocycles. The molecule has 4 heteroatoms. The highest BCUT2D eigenvalue weighted by atomic mass is 35.5. The second-order valence-corrected chi connectivity index (χ2v) is 6.54. The van der Waals surface area contributed by atoms with Gasteiger partial charge in [-0.3, -0.25) is 0 Å². The summed E-state index contributed by atoms with van der Waals surface area (Å²) < 4.78 is 5.82. The summed E-state index contributed by atoms with van der Waals surface area (Å²) in [5.41, 5.74) is 2.22. The smallest absolute Gasteiger partial charge is 0.121 e. The van der Waals surface area contributed by atoms with E-state index < -0.39 is 0 Å². The standard InChI is InChI=1S/C21H29ClN2O/c1-2-3-4-7-15-25-20-11-8-10-19(16-20)24-14-13-23-17-18-9-5-6-12-21(18)22/h5-6,8-12,16,23-24H,2-4,7,13-15,17H2,1H3. The molecule has 25 heavy (non-hydrogen) atoms. The highest BCUT2D eigenvalue weighted by molar-refractivity contribution is 6.31. The Kier molecular flexibility index (Phi) is 9.24. The van der Waals surface area contributed by atoms with Crippen LogP contribution in [-0.2, 0) is 6.54 Å². The van der Waals surface area contributed by atoms with Crippen LogP contribution in [0.3, 0.4) is 0 Å². The van der Waals surface area contributed by atoms with Gasteiger partial charge < -0.3 is 15.4 Å². The minimum atomic E-state index is 0.780. The van der Waals surface area contributed by atoms with Crippen molar-refractivity contribution in [3.05, 3.63) is 59.1 Å². The summed E-state index contributed by atoms with van der Waals surface area (Å²) in [6, 6.07) is 16.1. The van der Waals surface area contributed by atoms with Gasteiger partial charge in [0.2, 0.25) is 0 Å². The molecule has 0 aliphatic heterocycles. The van der Waals surface area contributed by atoms with Crippen molar-refractivity contribution < 1.29 is 4.74 Å². The Hall–Kier alpha value is -1.71. The number of halogens is 1. The van der Waals surface area contributed by atoms with Crippen LogP contribution >= 0.6 is 11.6 Å². The summed E-state index contributed by atoms with van der Waals surface area (Å²) in [6.07, 6.45) is 4.90. The molecule has 2 N–H and O–H groups in total. The number of ether oxygens (including phenoxy) is 1. The maximum atomic E-state index is 6.15. The van der Waals surface area contributed by atoms with Crippen LogP contribution in [0.5, 0.6) is 5.75 Å². The van der Waals surface area contributed by atoms with Gasteiger partial charge in [-0.1, -0.05) is 62.1 Å². The zero-order valence-corrected chi connectivity index (χ0v) is 15.8. The molecule has 0 aromatic heterocycles. The molecule has 0 atom stereocenters. The molecule has 0 aliphatic rings. The van der Waals surface area contributed by atoms with Crippen LogP contribution in [0.1, 0.15) is 38.2 Å². The number of rotatable bonds is 12. The van der Waals surface area contributed by atoms with Gasteiger partial charge in [-0.2, -0.15) is 0 Å². The highest BCUT2D eigenvalue weighted by Crippen LogP contribution is 2.18. The summed E-state index contributed by atoms with van der Waals surface area (Å²) in [5.74, 6) is 0.936. The molecule has 0 amide bonds. The Bertz CT molecular complexity index is 618. The molecule has 2 aromatic rings. The number of nitrogens with one attached hydrogen (secondary N) is 2. The van der Waals surface area contributed by atoms with Gasteiger partial charge in [0.25, 0.3) is 0 Å². The van der Waals surface area contributed by atoms with Crippen molar-refractivity contribution in [1.82, 2.24) is 5.32 Å². The zero-order chi connectivity index (χ0) is 17.7. The van der Waals surface area contributed by atoms with E-state index >= 15 is 0 Å². The Labute approximate surface area is 156 Å². The van der Waals surface area contributed by atoms with E-state index in [0.29, 0.717) is 0 Å². The third-order valence-electron chi connectivity index (χ3n) is 4.00. The van der Waals surface area contributed by atoms with Crippen LogP contribution in [0.4, 0.5) is 5.69 Å². The van der Waals surface area contributed by atoms with Crippen molar-refractivity contribution in [2.45, 2.75) is 39.2 Å². The fourth-order valence-corrected chi connectivity index (χ4v) is 2.78. The molecule has 0 unspecified atom stereocenters. The van der Waals surface area contributed by atoms with Gasteiger partial charge in [0, 0.05) is 36.4 Å². The lowest BCUT2D eigenvalue weighted by atomic mass is 10.2. The van der Waals surface area contributed by atoms with E-state index in [2.05, 4.69) is 29.7 Å². The van der Waals surface area contributed by atoms with Crippen molar-refractivity contribution in [2.24, 2.45) is 0 Å². The van der Waals surface area contributed by atoms with Crippen LogP contribution in [0.25, 0.3) is 0 Å². The molecule has 0 heterocycles. The summed E-state index contributed by atoms with van der Waals surface area (Å²) >= 11 is 6.15. The van der Waals surface area contributed by atoms with E-state index in [1.165, 1.54) is 19.3 Å². The molecule has 0 spiro atoms. The van der Waals surface area contributed by atoms with E-state index in [9.17, 15) is 0 Å². The second-order valence-electron chi connectivity index (χ2n) is 6.13. The van der Waals surface area contributed by atoms with Gasteiger partial charge in [-0.25, -0.2) is 0 Å². The van der Waals surface area contributed by atoms with E-state index in [4.69, 9.17) is 16.3 Å². The average molecular weight is 361 g/mol. The van der Waals surface area contributed by atoms with E-state index in [-0.39, 0.29) is 0 Å². The lowest BCUT2D eigenvalue weighted by molar-refractivity contribution is 0.305. The van der Waals surface area contributed by atoms with Gasteiger partial charge in [0.1, 0.15) is 5.75 Å². The van der Waals surface area contributed by atoms with Gasteiger partial charge in [-0.15, -0.1) is 0 Å². The topological polar surface area (TPSA) is 33.3 Å². The summed E-state index contributed by atoms with van der Waals surface area (Å²) in [5, 5.41) is 7.64. The monoisotopic (exact) mass is 360 g/mol. The van der Waals surface area contributed by atoms with Crippen molar-refractivity contribution in [3.63, 3.8) is 0 Å². The van der Waals surface area contributed by atoms with Crippen molar-refractivity contribution in [3.8, 4) is 5.75 Å². The predicted molar refractivity (Wildman–Crippen MR) is 108 cm³/mol. The van der Waals surface area contributed by atoms with Gasteiger partial charge in [-0.05, 0) is 30.2 Å². The first-order chi connectivity index (χ1) is 12.3. The van der Waals surface area contributed by atoms with Gasteiger partial charge in [0.05, 0.1) is 6.61 Å². The molecule has 2 aromatic carbocycles. The highest BCUT2D eigenvalue weighted by Gasteiger charge is 1.99. The van der Waals surface area contributed by atoms with Crippen LogP contribution in [-0.4, -0.2) is 19.7 Å². The van der Waals surface area contributed by atoms with Crippen LogP contribution in [0.15, 0.2) is 48.5 Å². The Morgan fingerprint density at radius 3 is 2.68 bits per heavy atom. The average Bonchev–Trinajstić information content (AvgIpc) is 2.63. The Balaban J connectivity index is 1.63. The minimum absolute atomic E-state index is 0.780. The minimum Gasteiger partial charge on any atom is -0.494 e. The molecule has 0 saturated heterocycles. The first-order valence-corrected chi connectivity index (χ1v) is 9.58. The quantitative estimate of drug-likeness (QED) is 0.490. The second kappa shape index (κ2) is 11.8. The summed E-state index contributed by atoms with van der Waals surface area (Å²) in [6.45, 7) is 5.52. The van der Waals surface area contributed by atoms with Crippen LogP contribution in [0, 0.1) is 0 Å². The molecule has 0 aliphatic carbocycles. The third kappa shape index (κ3) is 7.80. The van der Waals surface area contributed by atoms with Gasteiger partial charge in [0.15, 0.2) is 0 Å². The van der Waals surface area contributed by atoms with Crippen molar-refractivity contribution in [1.29, 1.82) is 0 Å². The van der Waals surface area contributed by atoms with Crippen molar-refractivity contribution >= 4 is 17.3 Å². The van der Waals surface area contributed by atoms with E-state index in [0.717, 1.165) is 54.7 Å². The Morgan fingerprint density at radius 1 is 0.960 bits per heavy atom. The fraction of sp³-hybridized carbons (Fsp3) is 0.429. The molecular weight excluding hydrogens is 332 g/mol. The molecular formula is C21H29ClN2O. The largest absolute Gasteiger partial charge is 0.494 e. The molecule has 2 rings (SSSR count). The third-order valence-corrected chi connectivity index (χ3v) is 4.37. The van der Waals surface area contributed by atoms with Gasteiger partial charge >= 0.3 is 0 Å². The lowest BCUT2D eigenvalue weighted by Crippen LogP contribution is -2.21. The number of hydrogen-bond acceptors (Lipinski definition) is 3. The lowest BCUT2D eigenvalue weighted by Gasteiger charge is -2.11. The fourth-order valence-electron chi connectivity index (χ4n) is 2.57. The maximum absolute atomic E-state index is 6.15. The first-order valence-electron chi connectivity index (χ1n) is 9.20. The number of benzene rings is 2. The molecule has 0 bridgehead atoms. The first kappa shape index (κ1) is 19.6. The van der Waals surface area contributed by atoms with E-state index in [1.54, 1.807) is 0 Å². The van der Waals surface area contributed by atoms with Crippen LogP contribution < -0.4 is 15.4 Å². The SMILES string of the molecule is CCCCCCOc1cccc(NCCNCc2ccccc2Cl)c1.